The Morgan fingerprint density at radius 1 is 0.538 bits per heavy atom. The Morgan fingerprint density at radius 3 is 1.19 bits per heavy atom. The second-order valence-corrected chi connectivity index (χ2v) is 11.4. The highest BCUT2D eigenvalue weighted by atomic mass is 31.2. The largest absolute Gasteiger partial charge is 0.0849 e. The second-order valence-electron chi connectivity index (χ2n) is 7.35. The maximum atomic E-state index is 2.32. The second kappa shape index (κ2) is 9.70. The summed E-state index contributed by atoms with van der Waals surface area (Å²) in [5.41, 5.74) is 4.51. The lowest BCUT2D eigenvalue weighted by Gasteiger charge is -2.28. The molecular formula is C25H30P+. The Kier molecular flexibility index (Phi) is 7.04. The molecule has 0 radical (unpaired) electrons. The van der Waals surface area contributed by atoms with Gasteiger partial charge < -0.3 is 0 Å². The van der Waals surface area contributed by atoms with E-state index in [0.29, 0.717) is 0 Å². The van der Waals surface area contributed by atoms with Crippen molar-refractivity contribution in [3.05, 3.63) is 108 Å². The summed E-state index contributed by atoms with van der Waals surface area (Å²) in [6.45, 7) is 2.32. The van der Waals surface area contributed by atoms with Crippen molar-refractivity contribution >= 4 is 7.26 Å². The van der Waals surface area contributed by atoms with Gasteiger partial charge >= 0.3 is 0 Å². The summed E-state index contributed by atoms with van der Waals surface area (Å²) >= 11 is 0. The minimum atomic E-state index is -1.18. The van der Waals surface area contributed by atoms with Gasteiger partial charge in [-0.15, -0.1) is 0 Å². The first-order valence-electron chi connectivity index (χ1n) is 9.76. The van der Waals surface area contributed by atoms with Crippen LogP contribution >= 0.6 is 7.26 Å². The predicted molar refractivity (Wildman–Crippen MR) is 117 cm³/mol. The molecule has 0 atom stereocenters. The van der Waals surface area contributed by atoms with Crippen LogP contribution in [0, 0.1) is 0 Å². The molecule has 134 valence electrons. The summed E-state index contributed by atoms with van der Waals surface area (Å²) in [7, 11) is -1.18. The SMILES string of the molecule is CCCC[P+](Cc1ccccc1)(Cc1ccccc1)Cc1ccccc1. The molecule has 0 aliphatic heterocycles. The number of hydrogen-bond acceptors (Lipinski definition) is 0. The van der Waals surface area contributed by atoms with Crippen LogP contribution in [0.5, 0.6) is 0 Å². The highest BCUT2D eigenvalue weighted by Gasteiger charge is 2.37. The monoisotopic (exact) mass is 361 g/mol. The molecule has 0 aromatic heterocycles. The average Bonchev–Trinajstić information content (AvgIpc) is 2.69. The van der Waals surface area contributed by atoms with Gasteiger partial charge in [0, 0.05) is 7.26 Å². The van der Waals surface area contributed by atoms with Crippen molar-refractivity contribution in [2.75, 3.05) is 6.16 Å². The van der Waals surface area contributed by atoms with Crippen LogP contribution in [0.2, 0.25) is 0 Å². The van der Waals surface area contributed by atoms with Crippen molar-refractivity contribution in [2.24, 2.45) is 0 Å². The number of rotatable bonds is 9. The molecule has 0 heterocycles. The van der Waals surface area contributed by atoms with Crippen LogP contribution in [0.1, 0.15) is 36.5 Å². The summed E-state index contributed by atoms with van der Waals surface area (Å²) in [5.74, 6) is 0. The summed E-state index contributed by atoms with van der Waals surface area (Å²) < 4.78 is 0. The molecule has 0 saturated heterocycles. The van der Waals surface area contributed by atoms with E-state index >= 15 is 0 Å². The molecule has 0 nitrogen and oxygen atoms in total. The van der Waals surface area contributed by atoms with Crippen molar-refractivity contribution in [2.45, 2.75) is 38.3 Å². The molecule has 26 heavy (non-hydrogen) atoms. The average molecular weight is 361 g/mol. The van der Waals surface area contributed by atoms with Gasteiger partial charge in [0.1, 0.15) is 0 Å². The molecule has 3 rings (SSSR count). The van der Waals surface area contributed by atoms with Gasteiger partial charge in [-0.3, -0.25) is 0 Å². The molecule has 0 N–H and O–H groups in total. The van der Waals surface area contributed by atoms with Gasteiger partial charge in [0.25, 0.3) is 0 Å². The fraction of sp³-hybridized carbons (Fsp3) is 0.280. The van der Waals surface area contributed by atoms with E-state index in [1.807, 2.05) is 0 Å². The van der Waals surface area contributed by atoms with Crippen molar-refractivity contribution in [1.82, 2.24) is 0 Å². The van der Waals surface area contributed by atoms with Gasteiger partial charge in [-0.25, -0.2) is 0 Å². The van der Waals surface area contributed by atoms with Crippen LogP contribution in [0.25, 0.3) is 0 Å². The molecule has 0 amide bonds. The summed E-state index contributed by atoms with van der Waals surface area (Å²) in [5, 5.41) is 0. The fourth-order valence-electron chi connectivity index (χ4n) is 3.81. The molecular weight excluding hydrogens is 331 g/mol. The molecule has 3 aromatic rings. The van der Waals surface area contributed by atoms with Gasteiger partial charge in [0.05, 0.1) is 24.6 Å². The number of benzene rings is 3. The van der Waals surface area contributed by atoms with Crippen LogP contribution in [0.3, 0.4) is 0 Å². The quantitative estimate of drug-likeness (QED) is 0.348. The predicted octanol–water partition coefficient (Wildman–Crippen LogP) is 7.40. The number of hydrogen-bond donors (Lipinski definition) is 0. The van der Waals surface area contributed by atoms with Crippen LogP contribution < -0.4 is 0 Å². The van der Waals surface area contributed by atoms with Crippen molar-refractivity contribution in [3.63, 3.8) is 0 Å². The van der Waals surface area contributed by atoms with Crippen molar-refractivity contribution < 1.29 is 0 Å². The van der Waals surface area contributed by atoms with Crippen LogP contribution in [-0.2, 0) is 18.5 Å². The zero-order valence-electron chi connectivity index (χ0n) is 15.9. The van der Waals surface area contributed by atoms with Gasteiger partial charge in [-0.2, -0.15) is 0 Å². The molecule has 0 aliphatic rings. The minimum Gasteiger partial charge on any atom is -0.0652 e. The lowest BCUT2D eigenvalue weighted by molar-refractivity contribution is 0.879. The maximum Gasteiger partial charge on any atom is 0.0849 e. The van der Waals surface area contributed by atoms with E-state index in [1.165, 1.54) is 54.2 Å². The molecule has 3 aromatic carbocycles. The zero-order chi connectivity index (χ0) is 18.1. The number of unbranched alkanes of at least 4 members (excludes halogenated alkanes) is 1. The van der Waals surface area contributed by atoms with E-state index in [9.17, 15) is 0 Å². The molecule has 0 spiro atoms. The lowest BCUT2D eigenvalue weighted by Crippen LogP contribution is -2.09. The Hall–Kier alpha value is -1.91. The topological polar surface area (TPSA) is 0 Å². The van der Waals surface area contributed by atoms with E-state index in [4.69, 9.17) is 0 Å². The molecule has 0 saturated carbocycles. The van der Waals surface area contributed by atoms with Crippen LogP contribution in [0.4, 0.5) is 0 Å². The van der Waals surface area contributed by atoms with Crippen molar-refractivity contribution in [1.29, 1.82) is 0 Å². The molecule has 1 heteroatoms. The van der Waals surface area contributed by atoms with E-state index in [-0.39, 0.29) is 0 Å². The molecule has 0 unspecified atom stereocenters. The first kappa shape index (κ1) is 18.9. The summed E-state index contributed by atoms with van der Waals surface area (Å²) in [4.78, 5) is 0. The van der Waals surface area contributed by atoms with Gasteiger partial charge in [-0.05, 0) is 23.1 Å². The molecule has 0 bridgehead atoms. The highest BCUT2D eigenvalue weighted by molar-refractivity contribution is 7.73. The van der Waals surface area contributed by atoms with E-state index in [2.05, 4.69) is 97.9 Å². The Morgan fingerprint density at radius 2 is 0.885 bits per heavy atom. The Balaban J connectivity index is 1.94. The van der Waals surface area contributed by atoms with Gasteiger partial charge in [-0.1, -0.05) is 104 Å². The first-order valence-corrected chi connectivity index (χ1v) is 12.3. The fourth-order valence-corrected chi connectivity index (χ4v) is 8.56. The summed E-state index contributed by atoms with van der Waals surface area (Å²) in [6.07, 6.45) is 7.73. The van der Waals surface area contributed by atoms with E-state index < -0.39 is 7.26 Å². The van der Waals surface area contributed by atoms with E-state index in [1.54, 1.807) is 0 Å². The Labute approximate surface area is 159 Å². The molecule has 0 fully saturated rings. The van der Waals surface area contributed by atoms with Crippen LogP contribution in [0.15, 0.2) is 91.0 Å². The standard InChI is InChI=1S/C25H30P/c1-2-3-19-26(20-23-13-7-4-8-14-23,21-24-15-9-5-10-16-24)22-25-17-11-6-12-18-25/h4-18H,2-3,19-22H2,1H3/q+1. The Bertz CT molecular complexity index is 649. The third kappa shape index (κ3) is 5.55. The zero-order valence-corrected chi connectivity index (χ0v) is 16.7. The normalized spacial score (nSPS) is 11.4. The van der Waals surface area contributed by atoms with E-state index in [0.717, 1.165) is 0 Å². The summed E-state index contributed by atoms with van der Waals surface area (Å²) in [6, 6.07) is 33.4. The minimum absolute atomic E-state index is 1.18. The lowest BCUT2D eigenvalue weighted by atomic mass is 10.2. The maximum absolute atomic E-state index is 2.32. The van der Waals surface area contributed by atoms with Gasteiger partial charge in [0.2, 0.25) is 0 Å². The van der Waals surface area contributed by atoms with Gasteiger partial charge in [0.15, 0.2) is 0 Å². The third-order valence-corrected chi connectivity index (χ3v) is 9.44. The van der Waals surface area contributed by atoms with Crippen molar-refractivity contribution in [3.8, 4) is 0 Å². The first-order chi connectivity index (χ1) is 12.8. The molecule has 0 aliphatic carbocycles. The smallest absolute Gasteiger partial charge is 0.0652 e. The third-order valence-electron chi connectivity index (χ3n) is 5.07. The highest BCUT2D eigenvalue weighted by Crippen LogP contribution is 2.66. The van der Waals surface area contributed by atoms with Crippen LogP contribution in [-0.4, -0.2) is 6.16 Å².